The van der Waals surface area contributed by atoms with Gasteiger partial charge in [-0.2, -0.15) is 10.2 Å². The molecule has 1 aliphatic rings. The molecule has 4 rings (SSSR count). The minimum atomic E-state index is -2.30. The van der Waals surface area contributed by atoms with Gasteiger partial charge in [0.05, 0.1) is 0 Å². The summed E-state index contributed by atoms with van der Waals surface area (Å²) in [4.78, 5) is 30.1. The third-order valence-electron chi connectivity index (χ3n) is 4.96. The van der Waals surface area contributed by atoms with Crippen LogP contribution in [0.2, 0.25) is 0 Å². The number of imide groups is 1. The molecule has 3 aromatic rings. The topological polar surface area (TPSA) is 87.2 Å². The lowest BCUT2D eigenvalue weighted by Gasteiger charge is -2.26. The number of aromatic nitrogens is 1. The van der Waals surface area contributed by atoms with Gasteiger partial charge in [0.1, 0.15) is 17.2 Å². The molecule has 2 amide bonds. The summed E-state index contributed by atoms with van der Waals surface area (Å²) in [5, 5.41) is 9.28. The monoisotopic (exact) mass is 479 g/mol. The minimum Gasteiger partial charge on any atom is -0.435 e. The summed E-state index contributed by atoms with van der Waals surface area (Å²) in [7, 11) is 0. The Bertz CT molecular complexity index is 1420. The standard InChI is InChI=1S/C21H10F5N3O3S/c1-3-29-20(30)9(7(2)10(6-27)21(29)31)4-8-5-11-19(33-8)28-18(32-11)12-13(22)15(24)17(26)16(25)14(12)23/h4-5H,3H2,1-2H3/b9-4-. The van der Waals surface area contributed by atoms with Crippen molar-refractivity contribution in [1.82, 2.24) is 9.88 Å². The SMILES string of the molecule is CCN1C(=O)C(C#N)=C(C)/C(=C/c2cc3oc(-c4c(F)c(F)c(F)c(F)c4F)nc3s2)C1=O. The van der Waals surface area contributed by atoms with Crippen molar-refractivity contribution in [3.8, 4) is 17.5 Å². The number of rotatable bonds is 3. The molecular weight excluding hydrogens is 469 g/mol. The Morgan fingerprint density at radius 1 is 1.09 bits per heavy atom. The van der Waals surface area contributed by atoms with E-state index in [1.54, 1.807) is 13.0 Å². The van der Waals surface area contributed by atoms with Gasteiger partial charge in [-0.1, -0.05) is 0 Å². The first-order valence-corrected chi connectivity index (χ1v) is 10.0. The second kappa shape index (κ2) is 7.93. The van der Waals surface area contributed by atoms with Gasteiger partial charge >= 0.3 is 0 Å². The molecule has 12 heteroatoms. The van der Waals surface area contributed by atoms with Gasteiger partial charge < -0.3 is 4.42 Å². The molecule has 0 spiro atoms. The number of thiophene rings is 1. The average Bonchev–Trinajstić information content (AvgIpc) is 3.33. The lowest BCUT2D eigenvalue weighted by Crippen LogP contribution is -2.42. The molecular formula is C21H10F5N3O3S. The summed E-state index contributed by atoms with van der Waals surface area (Å²) in [6.07, 6.45) is 1.39. The molecule has 168 valence electrons. The Kier molecular flexibility index (Phi) is 5.37. The number of carbonyl (C=O) groups is 2. The maximum absolute atomic E-state index is 14.0. The average molecular weight is 479 g/mol. The molecule has 0 bridgehead atoms. The fraction of sp³-hybridized carbons (Fsp3) is 0.143. The van der Waals surface area contributed by atoms with Gasteiger partial charge in [0.2, 0.25) is 11.7 Å². The highest BCUT2D eigenvalue weighted by atomic mass is 32.1. The zero-order chi connectivity index (χ0) is 24.2. The quantitative estimate of drug-likeness (QED) is 0.176. The first-order chi connectivity index (χ1) is 15.6. The van der Waals surface area contributed by atoms with Crippen molar-refractivity contribution in [2.45, 2.75) is 13.8 Å². The zero-order valence-corrected chi connectivity index (χ0v) is 17.5. The summed E-state index contributed by atoms with van der Waals surface area (Å²) in [6.45, 7) is 3.07. The van der Waals surface area contributed by atoms with E-state index in [1.165, 1.54) is 19.1 Å². The van der Waals surface area contributed by atoms with Crippen LogP contribution in [0.5, 0.6) is 0 Å². The van der Waals surface area contributed by atoms with Crippen LogP contribution < -0.4 is 0 Å². The Hall–Kier alpha value is -3.85. The van der Waals surface area contributed by atoms with Crippen LogP contribution in [0, 0.1) is 40.4 Å². The number of amides is 2. The largest absolute Gasteiger partial charge is 0.435 e. The third kappa shape index (κ3) is 3.32. The lowest BCUT2D eigenvalue weighted by atomic mass is 9.95. The molecule has 0 N–H and O–H groups in total. The molecule has 0 atom stereocenters. The predicted molar refractivity (Wildman–Crippen MR) is 106 cm³/mol. The molecule has 0 saturated heterocycles. The van der Waals surface area contributed by atoms with Crippen molar-refractivity contribution >= 4 is 39.6 Å². The summed E-state index contributed by atoms with van der Waals surface area (Å²) in [5.74, 6) is -12.8. The van der Waals surface area contributed by atoms with Crippen molar-refractivity contribution < 1.29 is 36.0 Å². The number of nitrogens with zero attached hydrogens (tertiary/aromatic N) is 3. The maximum atomic E-state index is 14.0. The Labute approximate surface area is 185 Å². The van der Waals surface area contributed by atoms with Crippen LogP contribution >= 0.6 is 11.3 Å². The maximum Gasteiger partial charge on any atom is 0.271 e. The zero-order valence-electron chi connectivity index (χ0n) is 16.7. The molecule has 1 aliphatic heterocycles. The number of halogens is 5. The molecule has 3 heterocycles. The van der Waals surface area contributed by atoms with Gasteiger partial charge in [-0.15, -0.1) is 11.3 Å². The minimum absolute atomic E-state index is 0.0281. The van der Waals surface area contributed by atoms with Crippen LogP contribution in [0.4, 0.5) is 22.0 Å². The van der Waals surface area contributed by atoms with Gasteiger partial charge in [0, 0.05) is 23.1 Å². The highest BCUT2D eigenvalue weighted by Crippen LogP contribution is 2.36. The molecule has 2 aromatic heterocycles. The van der Waals surface area contributed by atoms with Crippen molar-refractivity contribution in [2.24, 2.45) is 0 Å². The van der Waals surface area contributed by atoms with E-state index in [2.05, 4.69) is 4.98 Å². The summed E-state index contributed by atoms with van der Waals surface area (Å²) < 4.78 is 73.6. The van der Waals surface area contributed by atoms with E-state index >= 15 is 0 Å². The van der Waals surface area contributed by atoms with Crippen molar-refractivity contribution in [2.75, 3.05) is 6.54 Å². The summed E-state index contributed by atoms with van der Waals surface area (Å²) in [5.41, 5.74) is -1.25. The van der Waals surface area contributed by atoms with E-state index < -0.39 is 52.4 Å². The van der Waals surface area contributed by atoms with E-state index in [0.717, 1.165) is 16.2 Å². The van der Waals surface area contributed by atoms with Crippen LogP contribution in [0.15, 0.2) is 27.2 Å². The number of fused-ring (bicyclic) bond motifs is 1. The van der Waals surface area contributed by atoms with Crippen LogP contribution in [-0.4, -0.2) is 28.2 Å². The molecule has 1 aromatic carbocycles. The fourth-order valence-corrected chi connectivity index (χ4v) is 4.18. The van der Waals surface area contributed by atoms with Gasteiger partial charge in [-0.05, 0) is 25.5 Å². The van der Waals surface area contributed by atoms with E-state index in [9.17, 15) is 36.8 Å². The highest BCUT2D eigenvalue weighted by molar-refractivity contribution is 7.19. The molecule has 0 fully saturated rings. The van der Waals surface area contributed by atoms with Gasteiger partial charge in [-0.3, -0.25) is 14.5 Å². The van der Waals surface area contributed by atoms with Gasteiger partial charge in [0.15, 0.2) is 33.7 Å². The highest BCUT2D eigenvalue weighted by Gasteiger charge is 2.35. The van der Waals surface area contributed by atoms with E-state index in [4.69, 9.17) is 4.42 Å². The smallest absolute Gasteiger partial charge is 0.271 e. The number of likely N-dealkylation sites (N-methyl/N-ethyl adjacent to an activating group) is 1. The molecule has 6 nitrogen and oxygen atoms in total. The second-order valence-corrected chi connectivity index (χ2v) is 7.87. The number of hydrogen-bond donors (Lipinski definition) is 0. The summed E-state index contributed by atoms with van der Waals surface area (Å²) >= 11 is 0.903. The summed E-state index contributed by atoms with van der Waals surface area (Å²) in [6, 6.07) is 3.13. The lowest BCUT2D eigenvalue weighted by molar-refractivity contribution is -0.140. The van der Waals surface area contributed by atoms with Crippen molar-refractivity contribution in [3.63, 3.8) is 0 Å². The van der Waals surface area contributed by atoms with Gasteiger partial charge in [-0.25, -0.2) is 22.0 Å². The molecule has 33 heavy (non-hydrogen) atoms. The normalized spacial score (nSPS) is 15.8. The molecule has 0 unspecified atom stereocenters. The van der Waals surface area contributed by atoms with Crippen LogP contribution in [0.25, 0.3) is 27.9 Å². The molecule has 0 saturated carbocycles. The third-order valence-corrected chi connectivity index (χ3v) is 5.92. The Morgan fingerprint density at radius 2 is 1.70 bits per heavy atom. The van der Waals surface area contributed by atoms with E-state index in [1.807, 2.05) is 0 Å². The number of hydrogen-bond acceptors (Lipinski definition) is 6. The van der Waals surface area contributed by atoms with Crippen molar-refractivity contribution in [1.29, 1.82) is 5.26 Å². The predicted octanol–water partition coefficient (Wildman–Crippen LogP) is 4.86. The molecule has 0 radical (unpaired) electrons. The second-order valence-electron chi connectivity index (χ2n) is 6.81. The first-order valence-electron chi connectivity index (χ1n) is 9.22. The number of oxazole rings is 1. The van der Waals surface area contributed by atoms with Crippen LogP contribution in [-0.2, 0) is 9.59 Å². The number of benzene rings is 1. The van der Waals surface area contributed by atoms with E-state index in [0.29, 0.717) is 4.88 Å². The number of nitriles is 1. The Morgan fingerprint density at radius 3 is 2.24 bits per heavy atom. The fourth-order valence-electron chi connectivity index (χ4n) is 3.28. The van der Waals surface area contributed by atoms with Crippen LogP contribution in [0.3, 0.4) is 0 Å². The Balaban J connectivity index is 1.80. The van der Waals surface area contributed by atoms with Crippen LogP contribution in [0.1, 0.15) is 18.7 Å². The number of carbonyl (C=O) groups excluding carboxylic acids is 2. The first kappa shape index (κ1) is 22.3. The molecule has 0 aliphatic carbocycles. The van der Waals surface area contributed by atoms with E-state index in [-0.39, 0.29) is 33.7 Å². The van der Waals surface area contributed by atoms with Crippen molar-refractivity contribution in [3.05, 3.63) is 56.7 Å². The van der Waals surface area contributed by atoms with Gasteiger partial charge in [0.25, 0.3) is 11.8 Å².